The van der Waals surface area contributed by atoms with Crippen LogP contribution in [-0.2, 0) is 22.6 Å². The Morgan fingerprint density at radius 3 is 2.30 bits per heavy atom. The van der Waals surface area contributed by atoms with Crippen LogP contribution in [0.25, 0.3) is 0 Å². The van der Waals surface area contributed by atoms with Gasteiger partial charge in [-0.3, -0.25) is 14.6 Å². The number of amides is 2. The minimum absolute atomic E-state index is 0.261. The van der Waals surface area contributed by atoms with E-state index < -0.39 is 12.1 Å². The Morgan fingerprint density at radius 2 is 1.63 bits per heavy atom. The molecular formula is C21H22N4O2. The molecule has 0 aliphatic carbocycles. The Hall–Kier alpha value is -3.02. The molecule has 0 unspecified atom stereocenters. The molecule has 2 aliphatic heterocycles. The zero-order valence-corrected chi connectivity index (χ0v) is 15.7. The predicted octanol–water partition coefficient (Wildman–Crippen LogP) is 3.36. The van der Waals surface area contributed by atoms with E-state index in [1.54, 1.807) is 5.01 Å². The molecule has 2 aliphatic rings. The molecule has 2 aromatic carbocycles. The number of hydrogen-bond donors (Lipinski definition) is 0. The molecule has 2 amide bonds. The third-order valence-corrected chi connectivity index (χ3v) is 5.38. The van der Waals surface area contributed by atoms with Crippen LogP contribution in [0.2, 0.25) is 0 Å². The summed E-state index contributed by atoms with van der Waals surface area (Å²) in [6.07, 6.45) is 0.978. The summed E-state index contributed by atoms with van der Waals surface area (Å²) in [6, 6.07) is 12.4. The fourth-order valence-corrected chi connectivity index (χ4v) is 3.54. The second-order valence-electron chi connectivity index (χ2n) is 7.14. The van der Waals surface area contributed by atoms with E-state index in [0.29, 0.717) is 12.2 Å². The van der Waals surface area contributed by atoms with E-state index in [2.05, 4.69) is 29.4 Å². The molecule has 27 heavy (non-hydrogen) atoms. The number of rotatable bonds is 4. The van der Waals surface area contributed by atoms with Crippen LogP contribution in [0.15, 0.2) is 52.8 Å². The molecular weight excluding hydrogens is 340 g/mol. The van der Waals surface area contributed by atoms with Gasteiger partial charge in [0, 0.05) is 0 Å². The van der Waals surface area contributed by atoms with Gasteiger partial charge in [-0.15, -0.1) is 0 Å². The molecule has 2 atom stereocenters. The normalized spacial score (nSPS) is 21.3. The SMILES string of the molecule is CCc1ccc(CN2N=N[C@H]3C(=O)N(c4ccc(C)c(C)c4)C(=O)[C@H]32)cc1. The van der Waals surface area contributed by atoms with E-state index in [1.165, 1.54) is 10.5 Å². The van der Waals surface area contributed by atoms with E-state index in [1.807, 2.05) is 44.2 Å². The van der Waals surface area contributed by atoms with Gasteiger partial charge in [0.25, 0.3) is 11.8 Å². The highest BCUT2D eigenvalue weighted by molar-refractivity contribution is 6.25. The van der Waals surface area contributed by atoms with E-state index in [9.17, 15) is 9.59 Å². The molecule has 138 valence electrons. The lowest BCUT2D eigenvalue weighted by molar-refractivity contribution is -0.123. The largest absolute Gasteiger partial charge is 0.271 e. The van der Waals surface area contributed by atoms with Gasteiger partial charge in [-0.1, -0.05) is 42.5 Å². The highest BCUT2D eigenvalue weighted by Crippen LogP contribution is 2.33. The first-order valence-corrected chi connectivity index (χ1v) is 9.20. The fourth-order valence-electron chi connectivity index (χ4n) is 3.54. The molecule has 0 saturated carbocycles. The fraction of sp³-hybridized carbons (Fsp3) is 0.333. The minimum Gasteiger partial charge on any atom is -0.271 e. The van der Waals surface area contributed by atoms with Gasteiger partial charge in [-0.25, -0.2) is 4.90 Å². The smallest absolute Gasteiger partial charge is 0.263 e. The van der Waals surface area contributed by atoms with Crippen molar-refractivity contribution in [3.05, 3.63) is 64.7 Å². The quantitative estimate of drug-likeness (QED) is 0.784. The van der Waals surface area contributed by atoms with Gasteiger partial charge in [0.15, 0.2) is 12.1 Å². The molecule has 6 nitrogen and oxygen atoms in total. The molecule has 1 fully saturated rings. The monoisotopic (exact) mass is 362 g/mol. The van der Waals surface area contributed by atoms with Gasteiger partial charge in [-0.2, -0.15) is 5.11 Å². The van der Waals surface area contributed by atoms with Crippen molar-refractivity contribution in [2.45, 2.75) is 45.8 Å². The number of hydrogen-bond acceptors (Lipinski definition) is 5. The third kappa shape index (κ3) is 2.91. The molecule has 6 heteroatoms. The molecule has 1 saturated heterocycles. The van der Waals surface area contributed by atoms with Crippen molar-refractivity contribution in [2.75, 3.05) is 4.90 Å². The van der Waals surface area contributed by atoms with Gasteiger partial charge in [-0.05, 0) is 54.7 Å². The van der Waals surface area contributed by atoms with Gasteiger partial charge in [0.1, 0.15) is 0 Å². The van der Waals surface area contributed by atoms with Gasteiger partial charge in [0.05, 0.1) is 12.2 Å². The topological polar surface area (TPSA) is 65.3 Å². The van der Waals surface area contributed by atoms with E-state index in [-0.39, 0.29) is 11.8 Å². The molecule has 2 heterocycles. The van der Waals surface area contributed by atoms with Crippen LogP contribution in [-0.4, -0.2) is 28.9 Å². The van der Waals surface area contributed by atoms with Crippen molar-refractivity contribution in [3.63, 3.8) is 0 Å². The first kappa shape index (κ1) is 17.4. The lowest BCUT2D eigenvalue weighted by atomic mass is 10.1. The summed E-state index contributed by atoms with van der Waals surface area (Å²) in [7, 11) is 0. The maximum atomic E-state index is 13.0. The highest BCUT2D eigenvalue weighted by Gasteiger charge is 2.54. The molecule has 4 rings (SSSR count). The lowest BCUT2D eigenvalue weighted by Gasteiger charge is -2.21. The number of anilines is 1. The maximum Gasteiger partial charge on any atom is 0.263 e. The van der Waals surface area contributed by atoms with Crippen molar-refractivity contribution in [1.82, 2.24) is 5.01 Å². The number of carbonyl (C=O) groups is 2. The predicted molar refractivity (Wildman–Crippen MR) is 102 cm³/mol. The number of fused-ring (bicyclic) bond motifs is 1. The van der Waals surface area contributed by atoms with Crippen molar-refractivity contribution in [1.29, 1.82) is 0 Å². The zero-order chi connectivity index (χ0) is 19.1. The van der Waals surface area contributed by atoms with Crippen LogP contribution in [0.5, 0.6) is 0 Å². The van der Waals surface area contributed by atoms with E-state index in [4.69, 9.17) is 0 Å². The van der Waals surface area contributed by atoms with E-state index >= 15 is 0 Å². The summed E-state index contributed by atoms with van der Waals surface area (Å²) >= 11 is 0. The van der Waals surface area contributed by atoms with Crippen LogP contribution in [0.3, 0.4) is 0 Å². The number of nitrogens with zero attached hydrogens (tertiary/aromatic N) is 4. The summed E-state index contributed by atoms with van der Waals surface area (Å²) in [4.78, 5) is 27.1. The molecule has 2 aromatic rings. The molecule has 0 bridgehead atoms. The Bertz CT molecular complexity index is 936. The minimum atomic E-state index is -0.756. The molecule has 0 spiro atoms. The van der Waals surface area contributed by atoms with Crippen molar-refractivity contribution >= 4 is 17.5 Å². The van der Waals surface area contributed by atoms with Crippen molar-refractivity contribution < 1.29 is 9.59 Å². The maximum absolute atomic E-state index is 13.0. The Morgan fingerprint density at radius 1 is 0.926 bits per heavy atom. The van der Waals surface area contributed by atoms with Gasteiger partial charge in [0.2, 0.25) is 0 Å². The molecule has 0 N–H and O–H groups in total. The average Bonchev–Trinajstić information content (AvgIpc) is 3.18. The number of imide groups is 1. The molecule has 0 aromatic heterocycles. The Labute approximate surface area is 158 Å². The van der Waals surface area contributed by atoms with Crippen LogP contribution >= 0.6 is 0 Å². The Balaban J connectivity index is 1.58. The van der Waals surface area contributed by atoms with Crippen LogP contribution in [0.1, 0.15) is 29.2 Å². The van der Waals surface area contributed by atoms with Crippen molar-refractivity contribution in [3.8, 4) is 0 Å². The van der Waals surface area contributed by atoms with Crippen molar-refractivity contribution in [2.24, 2.45) is 10.3 Å². The van der Waals surface area contributed by atoms with Crippen LogP contribution < -0.4 is 4.90 Å². The summed E-state index contributed by atoms with van der Waals surface area (Å²) in [5.74, 6) is -0.565. The molecule has 0 radical (unpaired) electrons. The lowest BCUT2D eigenvalue weighted by Crippen LogP contribution is -2.39. The zero-order valence-electron chi connectivity index (χ0n) is 15.7. The standard InChI is InChI=1S/C21H22N4O2/c1-4-15-6-8-16(9-7-15)12-24-19-18(22-23-24)20(26)25(21(19)27)17-10-5-13(2)14(3)11-17/h5-11,18-19H,4,12H2,1-3H3/t18-,19+/m1/s1. The number of benzene rings is 2. The number of carbonyl (C=O) groups excluding carboxylic acids is 2. The summed E-state index contributed by atoms with van der Waals surface area (Å²) < 4.78 is 0. The second kappa shape index (κ2) is 6.61. The summed E-state index contributed by atoms with van der Waals surface area (Å²) in [5.41, 5.74) is 5.06. The van der Waals surface area contributed by atoms with Gasteiger partial charge < -0.3 is 0 Å². The average molecular weight is 362 g/mol. The summed E-state index contributed by atoms with van der Waals surface area (Å²) in [6.45, 7) is 6.53. The van der Waals surface area contributed by atoms with Crippen LogP contribution in [0.4, 0.5) is 5.69 Å². The second-order valence-corrected chi connectivity index (χ2v) is 7.14. The van der Waals surface area contributed by atoms with E-state index in [0.717, 1.165) is 23.1 Å². The third-order valence-electron chi connectivity index (χ3n) is 5.38. The first-order chi connectivity index (χ1) is 13.0. The summed E-state index contributed by atoms with van der Waals surface area (Å²) in [5, 5.41) is 9.84. The van der Waals surface area contributed by atoms with Crippen LogP contribution in [0, 0.1) is 13.8 Å². The highest BCUT2D eigenvalue weighted by atomic mass is 16.2. The number of aryl methyl sites for hydroxylation is 3. The first-order valence-electron chi connectivity index (χ1n) is 9.20. The van der Waals surface area contributed by atoms with Gasteiger partial charge >= 0.3 is 0 Å². The Kier molecular flexibility index (Phi) is 4.26.